The summed E-state index contributed by atoms with van der Waals surface area (Å²) in [4.78, 5) is 12.4. The number of hydrogen-bond acceptors (Lipinski definition) is 3. The minimum absolute atomic E-state index is 0.0505. The van der Waals surface area contributed by atoms with Crippen molar-refractivity contribution < 1.29 is 13.2 Å². The summed E-state index contributed by atoms with van der Waals surface area (Å²) in [5, 5.41) is 2.94. The van der Waals surface area contributed by atoms with Crippen LogP contribution in [0, 0.1) is 13.8 Å². The smallest absolute Gasteiger partial charge is 0.241 e. The van der Waals surface area contributed by atoms with Crippen LogP contribution in [-0.4, -0.2) is 26.9 Å². The molecule has 0 aliphatic heterocycles. The Hall–Kier alpha value is -1.40. The molecule has 0 spiro atoms. The lowest BCUT2D eigenvalue weighted by molar-refractivity contribution is -0.120. The molecule has 0 heterocycles. The van der Waals surface area contributed by atoms with Crippen LogP contribution in [0.4, 0.5) is 0 Å². The van der Waals surface area contributed by atoms with E-state index in [0.29, 0.717) is 11.1 Å². The van der Waals surface area contributed by atoms with Crippen LogP contribution in [0.25, 0.3) is 0 Å². The standard InChI is InChI=1S/C20H32N2O3S/c1-14-11-16(20(3,4)5)12-15(2)19(14)26(24,25)21-13-18(23)22-17-9-7-6-8-10-17/h11-12,17,21H,6-10,13H2,1-5H3,(H,22,23). The maximum Gasteiger partial charge on any atom is 0.241 e. The topological polar surface area (TPSA) is 75.3 Å². The Bertz CT molecular complexity index is 735. The molecule has 1 aliphatic rings. The maximum atomic E-state index is 12.7. The lowest BCUT2D eigenvalue weighted by atomic mass is 9.85. The number of hydrogen-bond donors (Lipinski definition) is 2. The van der Waals surface area contributed by atoms with Crippen molar-refractivity contribution in [1.29, 1.82) is 0 Å². The van der Waals surface area contributed by atoms with Crippen molar-refractivity contribution in [2.45, 2.75) is 83.1 Å². The first kappa shape index (κ1) is 20.9. The monoisotopic (exact) mass is 380 g/mol. The number of aryl methyl sites for hydroxylation is 2. The molecule has 26 heavy (non-hydrogen) atoms. The van der Waals surface area contributed by atoms with E-state index in [2.05, 4.69) is 30.8 Å². The summed E-state index contributed by atoms with van der Waals surface area (Å²) >= 11 is 0. The lowest BCUT2D eigenvalue weighted by Gasteiger charge is -2.23. The second-order valence-electron chi connectivity index (χ2n) is 8.42. The summed E-state index contributed by atoms with van der Waals surface area (Å²) in [5.74, 6) is -0.262. The van der Waals surface area contributed by atoms with E-state index in [1.165, 1.54) is 6.42 Å². The largest absolute Gasteiger partial charge is 0.352 e. The Morgan fingerprint density at radius 3 is 2.12 bits per heavy atom. The van der Waals surface area contributed by atoms with Crippen LogP contribution in [0.15, 0.2) is 17.0 Å². The molecule has 1 aliphatic carbocycles. The second kappa shape index (κ2) is 8.09. The van der Waals surface area contributed by atoms with Crippen LogP contribution in [0.5, 0.6) is 0 Å². The van der Waals surface area contributed by atoms with Gasteiger partial charge < -0.3 is 5.32 Å². The average Bonchev–Trinajstić information content (AvgIpc) is 2.52. The van der Waals surface area contributed by atoms with Crippen LogP contribution in [0.3, 0.4) is 0 Å². The van der Waals surface area contributed by atoms with E-state index in [9.17, 15) is 13.2 Å². The van der Waals surface area contributed by atoms with E-state index in [1.54, 1.807) is 13.8 Å². The third-order valence-electron chi connectivity index (χ3n) is 4.99. The average molecular weight is 381 g/mol. The molecule has 5 nitrogen and oxygen atoms in total. The number of rotatable bonds is 5. The van der Waals surface area contributed by atoms with Crippen LogP contribution < -0.4 is 10.0 Å². The van der Waals surface area contributed by atoms with Gasteiger partial charge in [0.15, 0.2) is 0 Å². The highest BCUT2D eigenvalue weighted by Crippen LogP contribution is 2.29. The van der Waals surface area contributed by atoms with Crippen molar-refractivity contribution in [2.24, 2.45) is 0 Å². The van der Waals surface area contributed by atoms with Gasteiger partial charge in [-0.2, -0.15) is 0 Å². The van der Waals surface area contributed by atoms with Crippen LogP contribution in [-0.2, 0) is 20.2 Å². The van der Waals surface area contributed by atoms with E-state index in [0.717, 1.165) is 31.2 Å². The first-order valence-electron chi connectivity index (χ1n) is 9.41. The summed E-state index contributed by atoms with van der Waals surface area (Å²) in [6, 6.07) is 4.02. The van der Waals surface area contributed by atoms with Crippen molar-refractivity contribution in [2.75, 3.05) is 6.54 Å². The fourth-order valence-corrected chi connectivity index (χ4v) is 5.00. The fraction of sp³-hybridized carbons (Fsp3) is 0.650. The van der Waals surface area contributed by atoms with Crippen LogP contribution in [0.1, 0.15) is 69.6 Å². The van der Waals surface area contributed by atoms with Crippen LogP contribution >= 0.6 is 0 Å². The number of carbonyl (C=O) groups excluding carboxylic acids is 1. The molecule has 1 saturated carbocycles. The Balaban J connectivity index is 2.08. The van der Waals surface area contributed by atoms with Crippen molar-refractivity contribution in [3.8, 4) is 0 Å². The predicted octanol–water partition coefficient (Wildman–Crippen LogP) is 3.33. The molecule has 6 heteroatoms. The van der Waals surface area contributed by atoms with Crippen molar-refractivity contribution >= 4 is 15.9 Å². The number of sulfonamides is 1. The van der Waals surface area contributed by atoms with Gasteiger partial charge in [-0.15, -0.1) is 0 Å². The maximum absolute atomic E-state index is 12.7. The number of benzene rings is 1. The van der Waals surface area contributed by atoms with Gasteiger partial charge in [0.25, 0.3) is 0 Å². The number of amides is 1. The minimum atomic E-state index is -3.73. The molecule has 2 rings (SSSR count). The highest BCUT2D eigenvalue weighted by Gasteiger charge is 2.24. The molecule has 0 aromatic heterocycles. The normalized spacial score (nSPS) is 16.5. The second-order valence-corrected chi connectivity index (χ2v) is 10.1. The third-order valence-corrected chi connectivity index (χ3v) is 6.69. The summed E-state index contributed by atoms with van der Waals surface area (Å²) in [7, 11) is -3.73. The molecule has 0 saturated heterocycles. The van der Waals surface area contributed by atoms with Gasteiger partial charge in [0.05, 0.1) is 11.4 Å². The van der Waals surface area contributed by atoms with Gasteiger partial charge in [-0.05, 0) is 48.8 Å². The summed E-state index contributed by atoms with van der Waals surface area (Å²) in [6.07, 6.45) is 5.41. The first-order valence-corrected chi connectivity index (χ1v) is 10.9. The fourth-order valence-electron chi connectivity index (χ4n) is 3.57. The van der Waals surface area contributed by atoms with Gasteiger partial charge in [-0.3, -0.25) is 4.79 Å². The Labute approximate surface area is 158 Å². The van der Waals surface area contributed by atoms with E-state index >= 15 is 0 Å². The van der Waals surface area contributed by atoms with Crippen molar-refractivity contribution in [3.05, 3.63) is 28.8 Å². The van der Waals surface area contributed by atoms with E-state index in [4.69, 9.17) is 0 Å². The van der Waals surface area contributed by atoms with E-state index < -0.39 is 10.0 Å². The molecule has 146 valence electrons. The van der Waals surface area contributed by atoms with E-state index in [-0.39, 0.29) is 28.8 Å². The third kappa shape index (κ3) is 5.30. The first-order chi connectivity index (χ1) is 12.0. The molecule has 0 atom stereocenters. The highest BCUT2D eigenvalue weighted by molar-refractivity contribution is 7.89. The molecule has 0 bridgehead atoms. The van der Waals surface area contributed by atoms with Gasteiger partial charge in [-0.1, -0.05) is 52.2 Å². The summed E-state index contributed by atoms with van der Waals surface area (Å²) in [5.41, 5.74) is 2.46. The van der Waals surface area contributed by atoms with E-state index in [1.807, 2.05) is 12.1 Å². The van der Waals surface area contributed by atoms with Gasteiger partial charge in [-0.25, -0.2) is 13.1 Å². The van der Waals surface area contributed by atoms with Crippen molar-refractivity contribution in [1.82, 2.24) is 10.0 Å². The number of nitrogens with one attached hydrogen (secondary N) is 2. The molecule has 1 aromatic rings. The quantitative estimate of drug-likeness (QED) is 0.823. The minimum Gasteiger partial charge on any atom is -0.352 e. The highest BCUT2D eigenvalue weighted by atomic mass is 32.2. The number of carbonyl (C=O) groups is 1. The zero-order chi connectivity index (χ0) is 19.5. The summed E-state index contributed by atoms with van der Waals surface area (Å²) < 4.78 is 27.9. The SMILES string of the molecule is Cc1cc(C(C)(C)C)cc(C)c1S(=O)(=O)NCC(=O)NC1CCCCC1. The molecular weight excluding hydrogens is 348 g/mol. The predicted molar refractivity (Wildman–Crippen MR) is 105 cm³/mol. The lowest BCUT2D eigenvalue weighted by Crippen LogP contribution is -2.42. The van der Waals surface area contributed by atoms with Gasteiger partial charge in [0.2, 0.25) is 15.9 Å². The zero-order valence-electron chi connectivity index (χ0n) is 16.6. The Morgan fingerprint density at radius 2 is 1.62 bits per heavy atom. The molecule has 1 aromatic carbocycles. The van der Waals surface area contributed by atoms with Crippen molar-refractivity contribution in [3.63, 3.8) is 0 Å². The Morgan fingerprint density at radius 1 is 1.08 bits per heavy atom. The molecular formula is C20H32N2O3S. The van der Waals surface area contributed by atoms with Gasteiger partial charge in [0.1, 0.15) is 0 Å². The van der Waals surface area contributed by atoms with Gasteiger partial charge >= 0.3 is 0 Å². The molecule has 2 N–H and O–H groups in total. The van der Waals surface area contributed by atoms with Crippen LogP contribution in [0.2, 0.25) is 0 Å². The molecule has 0 radical (unpaired) electrons. The molecule has 0 unspecified atom stereocenters. The molecule has 1 fully saturated rings. The summed E-state index contributed by atoms with van der Waals surface area (Å²) in [6.45, 7) is 9.69. The zero-order valence-corrected chi connectivity index (χ0v) is 17.4. The van der Waals surface area contributed by atoms with Gasteiger partial charge in [0, 0.05) is 6.04 Å². The Kier molecular flexibility index (Phi) is 6.51. The molecule has 1 amide bonds.